The molecule has 0 bridgehead atoms. The maximum atomic E-state index is 13.3. The molecule has 1 fully saturated rings. The molecule has 18 heavy (non-hydrogen) atoms. The summed E-state index contributed by atoms with van der Waals surface area (Å²) in [7, 11) is 0. The lowest BCUT2D eigenvalue weighted by Gasteiger charge is -2.27. The Bertz CT molecular complexity index is 410. The number of ether oxygens (including phenoxy) is 1. The van der Waals surface area contributed by atoms with Crippen LogP contribution in [0.1, 0.15) is 31.4 Å². The zero-order valence-corrected chi connectivity index (χ0v) is 10.3. The third-order valence-electron chi connectivity index (χ3n) is 3.26. The van der Waals surface area contributed by atoms with Gasteiger partial charge in [-0.3, -0.25) is 11.3 Å². The molecule has 0 spiro atoms. The summed E-state index contributed by atoms with van der Waals surface area (Å²) in [6.07, 6.45) is 2.09. The summed E-state index contributed by atoms with van der Waals surface area (Å²) in [5.74, 6) is 4.27. The Morgan fingerprint density at radius 3 is 2.61 bits per heavy atom. The van der Waals surface area contributed by atoms with Crippen LogP contribution < -0.4 is 11.3 Å². The van der Waals surface area contributed by atoms with Gasteiger partial charge in [-0.05, 0) is 43.4 Å². The summed E-state index contributed by atoms with van der Waals surface area (Å²) in [4.78, 5) is 0. The second-order valence-corrected chi connectivity index (χ2v) is 4.58. The van der Waals surface area contributed by atoms with Crippen LogP contribution in [0.15, 0.2) is 18.2 Å². The molecule has 2 unspecified atom stereocenters. The first-order chi connectivity index (χ1) is 8.67. The molecule has 5 heteroatoms. The molecule has 2 rings (SSSR count). The largest absolute Gasteiger partial charge is 0.376 e. The molecular weight excluding hydrogens is 238 g/mol. The van der Waals surface area contributed by atoms with Crippen molar-refractivity contribution in [3.63, 3.8) is 0 Å². The minimum absolute atomic E-state index is 0.0927. The molecule has 3 nitrogen and oxygen atoms in total. The second-order valence-electron chi connectivity index (χ2n) is 4.58. The van der Waals surface area contributed by atoms with E-state index in [9.17, 15) is 8.78 Å². The fourth-order valence-electron chi connectivity index (χ4n) is 2.21. The SMILES string of the molecule is CCOC(C1CC1)C(NN)c1ccc(F)c(F)c1. The summed E-state index contributed by atoms with van der Waals surface area (Å²) in [5, 5.41) is 0. The molecule has 2 atom stereocenters. The third-order valence-corrected chi connectivity index (χ3v) is 3.26. The highest BCUT2D eigenvalue weighted by Gasteiger charge is 2.37. The number of halogens is 2. The zero-order valence-electron chi connectivity index (χ0n) is 10.3. The standard InChI is InChI=1S/C13H18F2N2O/c1-2-18-13(8-3-4-8)12(17-16)9-5-6-10(14)11(15)7-9/h5-8,12-13,17H,2-4,16H2,1H3. The van der Waals surface area contributed by atoms with E-state index in [2.05, 4.69) is 5.43 Å². The molecule has 100 valence electrons. The molecule has 1 aromatic rings. The Kier molecular flexibility index (Phi) is 4.27. The van der Waals surface area contributed by atoms with Crippen LogP contribution in [-0.2, 0) is 4.74 Å². The molecule has 1 aromatic carbocycles. The molecule has 0 heterocycles. The summed E-state index contributed by atoms with van der Waals surface area (Å²) >= 11 is 0. The first-order valence-electron chi connectivity index (χ1n) is 6.20. The molecule has 1 saturated carbocycles. The van der Waals surface area contributed by atoms with Gasteiger partial charge < -0.3 is 4.74 Å². The number of hydrogen-bond donors (Lipinski definition) is 2. The minimum Gasteiger partial charge on any atom is -0.376 e. The van der Waals surface area contributed by atoms with Crippen LogP contribution in [0, 0.1) is 17.6 Å². The molecule has 0 amide bonds. The fraction of sp³-hybridized carbons (Fsp3) is 0.538. The fourth-order valence-corrected chi connectivity index (χ4v) is 2.21. The van der Waals surface area contributed by atoms with Gasteiger partial charge >= 0.3 is 0 Å². The number of nitrogens with one attached hydrogen (secondary N) is 1. The summed E-state index contributed by atoms with van der Waals surface area (Å²) in [5.41, 5.74) is 3.27. The van der Waals surface area contributed by atoms with Crippen molar-refractivity contribution in [1.82, 2.24) is 5.43 Å². The first kappa shape index (κ1) is 13.4. The molecule has 1 aliphatic carbocycles. The maximum absolute atomic E-state index is 13.3. The van der Waals surface area contributed by atoms with E-state index in [1.807, 2.05) is 6.92 Å². The monoisotopic (exact) mass is 256 g/mol. The number of hydrazine groups is 1. The van der Waals surface area contributed by atoms with Gasteiger partial charge in [0.25, 0.3) is 0 Å². The molecular formula is C13H18F2N2O. The smallest absolute Gasteiger partial charge is 0.159 e. The Morgan fingerprint density at radius 1 is 1.39 bits per heavy atom. The van der Waals surface area contributed by atoms with Gasteiger partial charge in [-0.25, -0.2) is 8.78 Å². The molecule has 0 saturated heterocycles. The average molecular weight is 256 g/mol. The van der Waals surface area contributed by atoms with E-state index >= 15 is 0 Å². The normalized spacial score (nSPS) is 18.7. The van der Waals surface area contributed by atoms with Crippen LogP contribution in [-0.4, -0.2) is 12.7 Å². The van der Waals surface area contributed by atoms with Gasteiger partial charge in [-0.15, -0.1) is 0 Å². The van der Waals surface area contributed by atoms with Crippen molar-refractivity contribution >= 4 is 0 Å². The van der Waals surface area contributed by atoms with Gasteiger partial charge in [0.1, 0.15) is 0 Å². The van der Waals surface area contributed by atoms with Gasteiger partial charge in [0.2, 0.25) is 0 Å². The second kappa shape index (κ2) is 5.73. The van der Waals surface area contributed by atoms with Gasteiger partial charge in [0.15, 0.2) is 11.6 Å². The van der Waals surface area contributed by atoms with Crippen molar-refractivity contribution in [2.24, 2.45) is 11.8 Å². The van der Waals surface area contributed by atoms with E-state index < -0.39 is 11.6 Å². The predicted octanol–water partition coefficient (Wildman–Crippen LogP) is 2.28. The van der Waals surface area contributed by atoms with Crippen molar-refractivity contribution < 1.29 is 13.5 Å². The van der Waals surface area contributed by atoms with E-state index in [1.54, 1.807) is 0 Å². The van der Waals surface area contributed by atoms with Crippen LogP contribution in [0.25, 0.3) is 0 Å². The molecule has 0 aliphatic heterocycles. The quantitative estimate of drug-likeness (QED) is 0.606. The molecule has 0 radical (unpaired) electrons. The Hall–Kier alpha value is -1.04. The minimum atomic E-state index is -0.862. The van der Waals surface area contributed by atoms with E-state index in [0.717, 1.165) is 18.9 Å². The van der Waals surface area contributed by atoms with E-state index in [4.69, 9.17) is 10.6 Å². The highest BCUT2D eigenvalue weighted by molar-refractivity contribution is 5.23. The maximum Gasteiger partial charge on any atom is 0.159 e. The van der Waals surface area contributed by atoms with Crippen molar-refractivity contribution in [3.8, 4) is 0 Å². The molecule has 0 aromatic heterocycles. The topological polar surface area (TPSA) is 47.3 Å². The van der Waals surface area contributed by atoms with Crippen molar-refractivity contribution in [2.45, 2.75) is 31.9 Å². The lowest BCUT2D eigenvalue weighted by atomic mass is 9.98. The van der Waals surface area contributed by atoms with E-state index in [-0.39, 0.29) is 12.1 Å². The van der Waals surface area contributed by atoms with Gasteiger partial charge in [-0.2, -0.15) is 0 Å². The van der Waals surface area contributed by atoms with Crippen LogP contribution >= 0.6 is 0 Å². The van der Waals surface area contributed by atoms with Gasteiger partial charge in [-0.1, -0.05) is 6.07 Å². The molecule has 3 N–H and O–H groups in total. The average Bonchev–Trinajstić information content (AvgIpc) is 3.17. The summed E-state index contributed by atoms with van der Waals surface area (Å²) in [6, 6.07) is 3.52. The number of nitrogens with two attached hydrogens (primary N) is 1. The van der Waals surface area contributed by atoms with E-state index in [1.165, 1.54) is 12.1 Å². The Morgan fingerprint density at radius 2 is 2.11 bits per heavy atom. The Labute approximate surface area is 105 Å². The zero-order chi connectivity index (χ0) is 13.1. The lowest BCUT2D eigenvalue weighted by molar-refractivity contribution is 0.0184. The van der Waals surface area contributed by atoms with Gasteiger partial charge in [0, 0.05) is 6.61 Å². The third kappa shape index (κ3) is 2.85. The summed E-state index contributed by atoms with van der Waals surface area (Å²) < 4.78 is 31.9. The Balaban J connectivity index is 2.22. The van der Waals surface area contributed by atoms with Crippen LogP contribution in [0.4, 0.5) is 8.78 Å². The highest BCUT2D eigenvalue weighted by atomic mass is 19.2. The predicted molar refractivity (Wildman–Crippen MR) is 64.6 cm³/mol. The van der Waals surface area contributed by atoms with Gasteiger partial charge in [0.05, 0.1) is 12.1 Å². The van der Waals surface area contributed by atoms with E-state index in [0.29, 0.717) is 18.1 Å². The van der Waals surface area contributed by atoms with Crippen LogP contribution in [0.5, 0.6) is 0 Å². The lowest BCUT2D eigenvalue weighted by Crippen LogP contribution is -2.39. The van der Waals surface area contributed by atoms with Crippen LogP contribution in [0.2, 0.25) is 0 Å². The number of benzene rings is 1. The van der Waals surface area contributed by atoms with Crippen molar-refractivity contribution in [1.29, 1.82) is 0 Å². The van der Waals surface area contributed by atoms with Crippen LogP contribution in [0.3, 0.4) is 0 Å². The van der Waals surface area contributed by atoms with Crippen molar-refractivity contribution in [2.75, 3.05) is 6.61 Å². The molecule has 1 aliphatic rings. The van der Waals surface area contributed by atoms with Crippen molar-refractivity contribution in [3.05, 3.63) is 35.4 Å². The number of rotatable bonds is 6. The number of hydrogen-bond acceptors (Lipinski definition) is 3. The highest BCUT2D eigenvalue weighted by Crippen LogP contribution is 2.39. The summed E-state index contributed by atoms with van der Waals surface area (Å²) in [6.45, 7) is 2.48. The first-order valence-corrected chi connectivity index (χ1v) is 6.20.